The molecule has 1 aromatic carbocycles. The van der Waals surface area contributed by atoms with Gasteiger partial charge in [0.1, 0.15) is 6.73 Å². The Labute approximate surface area is 152 Å². The molecular weight excluding hydrogens is 518 g/mol. The van der Waals surface area contributed by atoms with Gasteiger partial charge >= 0.3 is 0 Å². The van der Waals surface area contributed by atoms with Crippen LogP contribution in [0.3, 0.4) is 0 Å². The van der Waals surface area contributed by atoms with Crippen LogP contribution in [-0.4, -0.2) is 23.4 Å². The van der Waals surface area contributed by atoms with Crippen molar-refractivity contribution in [2.24, 2.45) is 0 Å². The molecule has 0 N–H and O–H groups in total. The predicted octanol–water partition coefficient (Wildman–Crippen LogP) is 5.14. The van der Waals surface area contributed by atoms with Gasteiger partial charge in [-0.05, 0) is 41.6 Å². The van der Waals surface area contributed by atoms with Gasteiger partial charge in [-0.2, -0.15) is 0 Å². The van der Waals surface area contributed by atoms with E-state index in [2.05, 4.69) is 81.3 Å². The standard InChI is InChI=1S/C13H17ClI2N2OSi/c1-8(20(2,3)4)19-7-18-12-5-9(14)10(15)6-11(12)17-13(18)16/h5-6,8H,7H2,1-4H3. The van der Waals surface area contributed by atoms with E-state index >= 15 is 0 Å². The Morgan fingerprint density at radius 1 is 1.35 bits per heavy atom. The highest BCUT2D eigenvalue weighted by molar-refractivity contribution is 14.1. The number of fused-ring (bicyclic) bond motifs is 1. The number of aromatic nitrogens is 2. The van der Waals surface area contributed by atoms with Gasteiger partial charge in [-0.1, -0.05) is 31.2 Å². The minimum absolute atomic E-state index is 0.301. The van der Waals surface area contributed by atoms with Crippen molar-refractivity contribution >= 4 is 75.9 Å². The van der Waals surface area contributed by atoms with Crippen LogP contribution >= 0.6 is 56.8 Å². The summed E-state index contributed by atoms with van der Waals surface area (Å²) in [7, 11) is -1.28. The minimum atomic E-state index is -1.28. The van der Waals surface area contributed by atoms with E-state index in [9.17, 15) is 0 Å². The molecule has 0 saturated carbocycles. The molecule has 7 heteroatoms. The lowest BCUT2D eigenvalue weighted by molar-refractivity contribution is 0.0575. The van der Waals surface area contributed by atoms with Crippen molar-refractivity contribution in [1.29, 1.82) is 0 Å². The molecule has 0 fully saturated rings. The summed E-state index contributed by atoms with van der Waals surface area (Å²) in [6.45, 7) is 9.63. The number of hydrogen-bond acceptors (Lipinski definition) is 2. The van der Waals surface area contributed by atoms with Crippen LogP contribution in [-0.2, 0) is 11.5 Å². The second kappa shape index (κ2) is 6.39. The Hall–Kier alpha value is 0.617. The zero-order valence-electron chi connectivity index (χ0n) is 11.9. The minimum Gasteiger partial charge on any atom is -0.361 e. The van der Waals surface area contributed by atoms with Crippen molar-refractivity contribution < 1.29 is 4.74 Å². The zero-order valence-corrected chi connectivity index (χ0v) is 17.9. The van der Waals surface area contributed by atoms with E-state index in [1.165, 1.54) is 0 Å². The number of benzene rings is 1. The van der Waals surface area contributed by atoms with Gasteiger partial charge < -0.3 is 4.74 Å². The Bertz CT molecular complexity index is 639. The maximum atomic E-state index is 6.22. The van der Waals surface area contributed by atoms with Crippen molar-refractivity contribution in [3.05, 3.63) is 24.6 Å². The zero-order chi connectivity index (χ0) is 15.1. The fourth-order valence-corrected chi connectivity index (χ4v) is 3.49. The first-order valence-corrected chi connectivity index (χ1v) is 12.4. The molecule has 0 bridgehead atoms. The van der Waals surface area contributed by atoms with Gasteiger partial charge in [-0.15, -0.1) is 0 Å². The molecular formula is C13H17ClI2N2OSi. The van der Waals surface area contributed by atoms with Crippen LogP contribution in [0.4, 0.5) is 0 Å². The molecule has 20 heavy (non-hydrogen) atoms. The van der Waals surface area contributed by atoms with Gasteiger partial charge in [0.25, 0.3) is 0 Å². The van der Waals surface area contributed by atoms with E-state index in [4.69, 9.17) is 16.3 Å². The summed E-state index contributed by atoms with van der Waals surface area (Å²) in [6, 6.07) is 3.98. The van der Waals surface area contributed by atoms with Gasteiger partial charge in [0, 0.05) is 31.9 Å². The lowest BCUT2D eigenvalue weighted by Crippen LogP contribution is -2.38. The first kappa shape index (κ1) is 17.0. The summed E-state index contributed by atoms with van der Waals surface area (Å²) >= 11 is 10.7. The first-order chi connectivity index (χ1) is 9.20. The van der Waals surface area contributed by atoms with Crippen LogP contribution < -0.4 is 0 Å². The molecule has 2 rings (SSSR count). The van der Waals surface area contributed by atoms with E-state index in [1.54, 1.807) is 0 Å². The van der Waals surface area contributed by atoms with Gasteiger partial charge in [0.05, 0.1) is 24.1 Å². The van der Waals surface area contributed by atoms with Crippen LogP contribution in [0.25, 0.3) is 11.0 Å². The SMILES string of the molecule is CC(OCn1c(I)nc2cc(I)c(Cl)cc21)[Si](C)(C)C. The van der Waals surface area contributed by atoms with Crippen LogP contribution in [0.5, 0.6) is 0 Å². The van der Waals surface area contributed by atoms with Crippen LogP contribution in [0.1, 0.15) is 6.92 Å². The molecule has 110 valence electrons. The molecule has 2 aromatic rings. The third-order valence-electron chi connectivity index (χ3n) is 3.42. The van der Waals surface area contributed by atoms with Gasteiger partial charge in [0.15, 0.2) is 3.83 Å². The third-order valence-corrected chi connectivity index (χ3v) is 8.37. The van der Waals surface area contributed by atoms with E-state index < -0.39 is 8.07 Å². The van der Waals surface area contributed by atoms with E-state index in [0.717, 1.165) is 23.5 Å². The molecule has 3 nitrogen and oxygen atoms in total. The molecule has 0 aliphatic rings. The highest BCUT2D eigenvalue weighted by Crippen LogP contribution is 2.27. The first-order valence-electron chi connectivity index (χ1n) is 6.32. The molecule has 1 heterocycles. The quantitative estimate of drug-likeness (QED) is 0.401. The Morgan fingerprint density at radius 2 is 2.00 bits per heavy atom. The highest BCUT2D eigenvalue weighted by atomic mass is 127. The van der Waals surface area contributed by atoms with Crippen LogP contribution in [0.2, 0.25) is 24.7 Å². The van der Waals surface area contributed by atoms with Crippen molar-refractivity contribution in [3.8, 4) is 0 Å². The van der Waals surface area contributed by atoms with E-state index in [-0.39, 0.29) is 0 Å². The average molecular weight is 535 g/mol. The summed E-state index contributed by atoms with van der Waals surface area (Å²) in [4.78, 5) is 4.57. The molecule has 0 radical (unpaired) electrons. The maximum absolute atomic E-state index is 6.22. The van der Waals surface area contributed by atoms with Gasteiger partial charge in [0.2, 0.25) is 0 Å². The molecule has 0 saturated heterocycles. The molecule has 0 aliphatic carbocycles. The van der Waals surface area contributed by atoms with Crippen molar-refractivity contribution in [1.82, 2.24) is 9.55 Å². The second-order valence-corrected chi connectivity index (χ2v) is 13.9. The Morgan fingerprint density at radius 3 is 2.60 bits per heavy atom. The topological polar surface area (TPSA) is 27.1 Å². The normalized spacial score (nSPS) is 13.9. The summed E-state index contributed by atoms with van der Waals surface area (Å²) < 4.78 is 10.1. The summed E-state index contributed by atoms with van der Waals surface area (Å²) in [5, 5.41) is 0.758. The van der Waals surface area contributed by atoms with Crippen LogP contribution in [0.15, 0.2) is 12.1 Å². The number of imidazole rings is 1. The fourth-order valence-electron chi connectivity index (χ4n) is 1.65. The smallest absolute Gasteiger partial charge is 0.174 e. The second-order valence-electron chi connectivity index (χ2n) is 5.87. The molecule has 1 atom stereocenters. The third kappa shape index (κ3) is 3.68. The molecule has 1 aromatic heterocycles. The fraction of sp³-hybridized carbons (Fsp3) is 0.462. The molecule has 0 spiro atoms. The van der Waals surface area contributed by atoms with E-state index in [1.807, 2.05) is 12.1 Å². The van der Waals surface area contributed by atoms with Gasteiger partial charge in [-0.25, -0.2) is 4.98 Å². The highest BCUT2D eigenvalue weighted by Gasteiger charge is 2.23. The number of hydrogen-bond donors (Lipinski definition) is 0. The largest absolute Gasteiger partial charge is 0.361 e. The molecule has 0 aliphatic heterocycles. The van der Waals surface area contributed by atoms with Crippen molar-refractivity contribution in [2.75, 3.05) is 0 Å². The summed E-state index contributed by atoms with van der Waals surface area (Å²) in [6.07, 6.45) is 0. The summed E-state index contributed by atoms with van der Waals surface area (Å²) in [5.41, 5.74) is 2.30. The number of halogens is 3. The molecule has 0 amide bonds. The lowest BCUT2D eigenvalue weighted by atomic mass is 10.3. The Balaban J connectivity index is 2.30. The average Bonchev–Trinajstić information content (AvgIpc) is 2.61. The van der Waals surface area contributed by atoms with Crippen LogP contribution in [0, 0.1) is 7.40 Å². The predicted molar refractivity (Wildman–Crippen MR) is 104 cm³/mol. The number of ether oxygens (including phenoxy) is 1. The number of rotatable bonds is 4. The summed E-state index contributed by atoms with van der Waals surface area (Å²) in [5.74, 6) is 0. The van der Waals surface area contributed by atoms with Crippen molar-refractivity contribution in [2.45, 2.75) is 39.0 Å². The molecule has 1 unspecified atom stereocenters. The van der Waals surface area contributed by atoms with E-state index in [0.29, 0.717) is 12.5 Å². The number of nitrogens with zero attached hydrogens (tertiary/aromatic N) is 2. The van der Waals surface area contributed by atoms with Crippen molar-refractivity contribution in [3.63, 3.8) is 0 Å². The monoisotopic (exact) mass is 534 g/mol. The maximum Gasteiger partial charge on any atom is 0.174 e. The lowest BCUT2D eigenvalue weighted by Gasteiger charge is -2.25. The Kier molecular flexibility index (Phi) is 5.43. The van der Waals surface area contributed by atoms with Gasteiger partial charge in [-0.3, -0.25) is 4.57 Å².